The summed E-state index contributed by atoms with van der Waals surface area (Å²) in [6.07, 6.45) is 5.17. The van der Waals surface area contributed by atoms with Crippen LogP contribution in [0.15, 0.2) is 77.5 Å². The number of benzene rings is 2. The van der Waals surface area contributed by atoms with Gasteiger partial charge in [0.15, 0.2) is 5.16 Å². The van der Waals surface area contributed by atoms with Gasteiger partial charge in [0.1, 0.15) is 5.82 Å². The van der Waals surface area contributed by atoms with Gasteiger partial charge in [0.2, 0.25) is 5.65 Å². The Labute approximate surface area is 158 Å². The van der Waals surface area contributed by atoms with Crippen molar-refractivity contribution in [2.24, 2.45) is 0 Å². The zero-order chi connectivity index (χ0) is 18.8. The van der Waals surface area contributed by atoms with E-state index in [-0.39, 0.29) is 17.0 Å². The molecule has 0 bridgehead atoms. The zero-order valence-corrected chi connectivity index (χ0v) is 15.1. The molecule has 0 unspecified atom stereocenters. The third kappa shape index (κ3) is 3.41. The summed E-state index contributed by atoms with van der Waals surface area (Å²) in [6.45, 7) is 3.75. The highest BCUT2D eigenvalue weighted by atomic mass is 32.2. The van der Waals surface area contributed by atoms with E-state index in [2.05, 4.69) is 16.8 Å². The normalized spacial score (nSPS) is 11.0. The topological polar surface area (TPSA) is 52.2 Å². The maximum atomic E-state index is 13.1. The average molecular weight is 378 g/mol. The predicted octanol–water partition coefficient (Wildman–Crippen LogP) is 3.95. The van der Waals surface area contributed by atoms with E-state index in [0.717, 1.165) is 11.1 Å². The van der Waals surface area contributed by atoms with E-state index in [1.807, 2.05) is 24.3 Å². The maximum Gasteiger partial charge on any atom is 0.300 e. The molecular weight excluding hydrogens is 363 g/mol. The van der Waals surface area contributed by atoms with Crippen molar-refractivity contribution in [2.45, 2.75) is 10.9 Å². The minimum Gasteiger partial charge on any atom is -0.280 e. The van der Waals surface area contributed by atoms with Crippen LogP contribution in [0, 0.1) is 5.82 Å². The minimum absolute atomic E-state index is 0.228. The van der Waals surface area contributed by atoms with E-state index in [1.165, 1.54) is 28.5 Å². The highest BCUT2D eigenvalue weighted by Gasteiger charge is 2.12. The van der Waals surface area contributed by atoms with Gasteiger partial charge in [-0.05, 0) is 35.4 Å². The fraction of sp³-hybridized carbons (Fsp3) is 0.0500. The Morgan fingerprint density at radius 3 is 2.48 bits per heavy atom. The average Bonchev–Trinajstić information content (AvgIpc) is 3.12. The Bertz CT molecular complexity index is 1160. The monoisotopic (exact) mass is 378 g/mol. The van der Waals surface area contributed by atoms with Crippen LogP contribution in [0.4, 0.5) is 4.39 Å². The number of aromatic nitrogens is 4. The highest BCUT2D eigenvalue weighted by Crippen LogP contribution is 2.21. The van der Waals surface area contributed by atoms with Crippen molar-refractivity contribution in [3.63, 3.8) is 0 Å². The maximum absolute atomic E-state index is 13.1. The number of nitrogens with zero attached hydrogens (tertiary/aromatic N) is 4. The summed E-state index contributed by atoms with van der Waals surface area (Å²) in [7, 11) is 0. The molecule has 2 aromatic heterocycles. The Kier molecular flexibility index (Phi) is 4.60. The van der Waals surface area contributed by atoms with Crippen molar-refractivity contribution in [2.75, 3.05) is 0 Å². The summed E-state index contributed by atoms with van der Waals surface area (Å²) in [5.74, 6) is 0.356. The molecule has 0 spiro atoms. The second kappa shape index (κ2) is 7.20. The molecule has 4 rings (SSSR count). The second-order valence-electron chi connectivity index (χ2n) is 5.86. The molecule has 0 amide bonds. The molecule has 0 fully saturated rings. The Morgan fingerprint density at radius 2 is 1.78 bits per heavy atom. The van der Waals surface area contributed by atoms with E-state index >= 15 is 0 Å². The molecule has 2 aromatic carbocycles. The van der Waals surface area contributed by atoms with Gasteiger partial charge in [-0.25, -0.2) is 4.39 Å². The fourth-order valence-corrected chi connectivity index (χ4v) is 3.54. The molecule has 7 heteroatoms. The molecule has 0 atom stereocenters. The fourth-order valence-electron chi connectivity index (χ4n) is 2.67. The first-order valence-electron chi connectivity index (χ1n) is 8.22. The quantitative estimate of drug-likeness (QED) is 0.494. The standard InChI is InChI=1S/C20H15FN4OS/c1-2-14-3-5-15(6-4-14)13-27-20-23-22-18-19(26)24(11-12-25(18)20)17-9-7-16(21)8-10-17/h2-12H,1,13H2. The number of rotatable bonds is 5. The predicted molar refractivity (Wildman–Crippen MR) is 105 cm³/mol. The SMILES string of the molecule is C=Cc1ccc(CSc2nnc3c(=O)n(-c4ccc(F)cc4)ccn23)cc1. The Morgan fingerprint density at radius 1 is 1.04 bits per heavy atom. The Balaban J connectivity index is 1.61. The molecule has 0 N–H and O–H groups in total. The van der Waals surface area contributed by atoms with Crippen molar-refractivity contribution in [1.82, 2.24) is 19.2 Å². The smallest absolute Gasteiger partial charge is 0.280 e. The first kappa shape index (κ1) is 17.2. The van der Waals surface area contributed by atoms with Crippen molar-refractivity contribution in [1.29, 1.82) is 0 Å². The molecule has 0 aliphatic heterocycles. The van der Waals surface area contributed by atoms with Gasteiger partial charge in [-0.1, -0.05) is 48.7 Å². The molecule has 2 heterocycles. The first-order valence-corrected chi connectivity index (χ1v) is 9.21. The van der Waals surface area contributed by atoms with Gasteiger partial charge in [-0.2, -0.15) is 0 Å². The molecule has 0 aliphatic carbocycles. The second-order valence-corrected chi connectivity index (χ2v) is 6.80. The van der Waals surface area contributed by atoms with Gasteiger partial charge < -0.3 is 0 Å². The summed E-state index contributed by atoms with van der Waals surface area (Å²) in [5.41, 5.74) is 2.70. The number of fused-ring (bicyclic) bond motifs is 1. The molecule has 134 valence electrons. The lowest BCUT2D eigenvalue weighted by Gasteiger charge is -2.06. The third-order valence-electron chi connectivity index (χ3n) is 4.13. The summed E-state index contributed by atoms with van der Waals surface area (Å²) in [5, 5.41) is 8.81. The molecule has 5 nitrogen and oxygen atoms in total. The van der Waals surface area contributed by atoms with Crippen LogP contribution in [0.3, 0.4) is 0 Å². The van der Waals surface area contributed by atoms with Crippen molar-refractivity contribution in [3.05, 3.63) is 94.8 Å². The zero-order valence-electron chi connectivity index (χ0n) is 14.2. The third-order valence-corrected chi connectivity index (χ3v) is 5.14. The largest absolute Gasteiger partial charge is 0.300 e. The lowest BCUT2D eigenvalue weighted by molar-refractivity contribution is 0.627. The van der Waals surface area contributed by atoms with Crippen LogP contribution in [0.25, 0.3) is 17.4 Å². The van der Waals surface area contributed by atoms with Crippen LogP contribution in [0.2, 0.25) is 0 Å². The first-order chi connectivity index (χ1) is 13.2. The van der Waals surface area contributed by atoms with Crippen LogP contribution in [0.5, 0.6) is 0 Å². The van der Waals surface area contributed by atoms with Gasteiger partial charge in [-0.3, -0.25) is 13.8 Å². The van der Waals surface area contributed by atoms with Crippen LogP contribution in [-0.2, 0) is 5.75 Å². The van der Waals surface area contributed by atoms with E-state index in [0.29, 0.717) is 16.6 Å². The number of hydrogen-bond acceptors (Lipinski definition) is 4. The Hall–Kier alpha value is -3.19. The molecular formula is C20H15FN4OS. The lowest BCUT2D eigenvalue weighted by Crippen LogP contribution is -2.20. The van der Waals surface area contributed by atoms with Crippen molar-refractivity contribution < 1.29 is 4.39 Å². The molecule has 0 saturated heterocycles. The molecule has 4 aromatic rings. The number of thioether (sulfide) groups is 1. The highest BCUT2D eigenvalue weighted by molar-refractivity contribution is 7.98. The minimum atomic E-state index is -0.352. The number of hydrogen-bond donors (Lipinski definition) is 0. The van der Waals surface area contributed by atoms with Gasteiger partial charge in [0.05, 0.1) is 0 Å². The van der Waals surface area contributed by atoms with Gasteiger partial charge >= 0.3 is 5.56 Å². The van der Waals surface area contributed by atoms with Crippen LogP contribution >= 0.6 is 11.8 Å². The summed E-state index contributed by atoms with van der Waals surface area (Å²) >= 11 is 1.50. The molecule has 27 heavy (non-hydrogen) atoms. The lowest BCUT2D eigenvalue weighted by atomic mass is 10.1. The van der Waals surface area contributed by atoms with E-state index in [1.54, 1.807) is 35.0 Å². The van der Waals surface area contributed by atoms with Crippen molar-refractivity contribution >= 4 is 23.5 Å². The molecule has 0 saturated carbocycles. The summed E-state index contributed by atoms with van der Waals surface area (Å²) in [4.78, 5) is 12.7. The summed E-state index contributed by atoms with van der Waals surface area (Å²) in [6, 6.07) is 13.8. The van der Waals surface area contributed by atoms with Crippen LogP contribution in [0.1, 0.15) is 11.1 Å². The van der Waals surface area contributed by atoms with E-state index < -0.39 is 0 Å². The summed E-state index contributed by atoms with van der Waals surface area (Å²) < 4.78 is 16.2. The molecule has 0 aliphatic rings. The van der Waals surface area contributed by atoms with Crippen LogP contribution in [-0.4, -0.2) is 19.2 Å². The van der Waals surface area contributed by atoms with Crippen molar-refractivity contribution in [3.8, 4) is 5.69 Å². The van der Waals surface area contributed by atoms with Crippen LogP contribution < -0.4 is 5.56 Å². The van der Waals surface area contributed by atoms with E-state index in [4.69, 9.17) is 0 Å². The van der Waals surface area contributed by atoms with Gasteiger partial charge in [0, 0.05) is 23.8 Å². The molecule has 0 radical (unpaired) electrons. The van der Waals surface area contributed by atoms with E-state index in [9.17, 15) is 9.18 Å². The number of halogens is 1. The van der Waals surface area contributed by atoms with Gasteiger partial charge in [-0.15, -0.1) is 10.2 Å². The van der Waals surface area contributed by atoms with Gasteiger partial charge in [0.25, 0.3) is 0 Å².